The van der Waals surface area contributed by atoms with Crippen molar-refractivity contribution in [2.45, 2.75) is 31.3 Å². The van der Waals surface area contributed by atoms with Crippen LogP contribution in [0.1, 0.15) is 19.4 Å². The van der Waals surface area contributed by atoms with Crippen molar-refractivity contribution in [3.8, 4) is 17.1 Å². The Hall–Kier alpha value is -2.70. The molecule has 0 spiro atoms. The summed E-state index contributed by atoms with van der Waals surface area (Å²) in [6.07, 6.45) is 2.61. The molecular weight excluding hydrogens is 524 g/mol. The summed E-state index contributed by atoms with van der Waals surface area (Å²) in [7, 11) is -2.73. The zero-order valence-corrected chi connectivity index (χ0v) is 22.4. The second-order valence-electron chi connectivity index (χ2n) is 9.13. The highest BCUT2D eigenvalue weighted by atomic mass is 35.5. The number of piperazine rings is 1. The Bertz CT molecular complexity index is 1380. The molecule has 1 fully saturated rings. The van der Waals surface area contributed by atoms with Crippen molar-refractivity contribution < 1.29 is 26.7 Å². The molecule has 1 aliphatic heterocycles. The van der Waals surface area contributed by atoms with Crippen molar-refractivity contribution in [2.75, 3.05) is 33.3 Å². The molecule has 12 heteroatoms. The van der Waals surface area contributed by atoms with Crippen LogP contribution in [0.25, 0.3) is 11.3 Å². The largest absolute Gasteiger partial charge is 0.480 e. The maximum Gasteiger partial charge on any atom is 0.334 e. The van der Waals surface area contributed by atoms with Gasteiger partial charge in [0, 0.05) is 74.4 Å². The van der Waals surface area contributed by atoms with Crippen LogP contribution < -0.4 is 9.46 Å². The molecule has 0 unspecified atom stereocenters. The smallest absolute Gasteiger partial charge is 0.334 e. The van der Waals surface area contributed by atoms with Crippen molar-refractivity contribution in [1.29, 1.82) is 0 Å². The van der Waals surface area contributed by atoms with Crippen molar-refractivity contribution in [1.82, 2.24) is 19.8 Å². The van der Waals surface area contributed by atoms with Gasteiger partial charge in [-0.25, -0.2) is 18.5 Å². The number of hydrogen-bond acceptors (Lipinski definition) is 7. The number of quaternary nitrogens is 1. The first-order valence-corrected chi connectivity index (χ1v) is 13.7. The molecule has 0 amide bonds. The van der Waals surface area contributed by atoms with Crippen molar-refractivity contribution in [2.24, 2.45) is 0 Å². The summed E-state index contributed by atoms with van der Waals surface area (Å²) in [5.41, 5.74) is 0.540. The van der Waals surface area contributed by atoms with Gasteiger partial charge >= 0.3 is 10.0 Å². The third-order valence-electron chi connectivity index (χ3n) is 6.30. The van der Waals surface area contributed by atoms with Gasteiger partial charge < -0.3 is 4.74 Å². The highest BCUT2D eigenvalue weighted by molar-refractivity contribution is 7.85. The number of ether oxygens (including phenoxy) is 1. The Kier molecular flexibility index (Phi) is 8.39. The van der Waals surface area contributed by atoms with Crippen LogP contribution in [0.15, 0.2) is 47.6 Å². The number of nitrogens with zero attached hydrogens (tertiary/aromatic N) is 4. The Labute approximate surface area is 220 Å². The number of sulfonamides is 1. The van der Waals surface area contributed by atoms with Crippen molar-refractivity contribution >= 4 is 27.3 Å². The third kappa shape index (κ3) is 6.42. The summed E-state index contributed by atoms with van der Waals surface area (Å²) in [5, 5.41) is 0.127. The molecule has 3 aromatic rings. The first kappa shape index (κ1) is 27.3. The molecule has 198 valence electrons. The number of methoxy groups -OCH3 is 1. The maximum atomic E-state index is 15.1. The molecule has 4 rings (SSSR count). The summed E-state index contributed by atoms with van der Waals surface area (Å²) >= 11 is 5.92. The van der Waals surface area contributed by atoms with E-state index >= 15 is 8.78 Å². The van der Waals surface area contributed by atoms with E-state index < -0.39 is 21.7 Å². The molecule has 0 radical (unpaired) electrons. The zero-order chi connectivity index (χ0) is 26.7. The van der Waals surface area contributed by atoms with Gasteiger partial charge in [0.05, 0.1) is 17.8 Å². The summed E-state index contributed by atoms with van der Waals surface area (Å²) in [4.78, 5) is 12.3. The number of benzene rings is 1. The van der Waals surface area contributed by atoms with Crippen LogP contribution in [0.4, 0.5) is 14.5 Å². The molecule has 3 heterocycles. The molecule has 37 heavy (non-hydrogen) atoms. The van der Waals surface area contributed by atoms with E-state index in [0.717, 1.165) is 37.0 Å². The first-order chi connectivity index (χ1) is 17.6. The normalized spacial score (nSPS) is 15.3. The molecule has 1 aliphatic rings. The fraction of sp³-hybridized carbons (Fsp3) is 0.360. The minimum Gasteiger partial charge on any atom is -0.480 e. The fourth-order valence-corrected chi connectivity index (χ4v) is 5.78. The van der Waals surface area contributed by atoms with Crippen LogP contribution in [0.3, 0.4) is 0 Å². The Balaban J connectivity index is 1.54. The molecule has 0 aliphatic carbocycles. The van der Waals surface area contributed by atoms with Gasteiger partial charge in [0.1, 0.15) is 17.3 Å². The van der Waals surface area contributed by atoms with Gasteiger partial charge in [0.2, 0.25) is 5.88 Å². The van der Waals surface area contributed by atoms with Gasteiger partial charge in [-0.1, -0.05) is 11.6 Å². The Morgan fingerprint density at radius 2 is 1.81 bits per heavy atom. The van der Waals surface area contributed by atoms with E-state index in [1.807, 2.05) is 0 Å². The van der Waals surface area contributed by atoms with E-state index in [1.54, 1.807) is 0 Å². The standard InChI is InChI=1S/C25H28ClF2N5O3S/c1-16(2)33-8-6-32(7-9-33)15-17-10-22(28)20(13-21(17)27)23-12-19(4-5-29-23)31-37(34,35)24-11-18(26)14-30-25(24)36-3/h4-5,10-14,16H,6-9,15H2,1-3H3,(H,29,31)/p+1. The van der Waals surface area contributed by atoms with Gasteiger partial charge in [0.25, 0.3) is 0 Å². The monoisotopic (exact) mass is 552 g/mol. The van der Waals surface area contributed by atoms with Crippen LogP contribution in [-0.2, 0) is 16.6 Å². The second kappa shape index (κ2) is 11.4. The number of aromatic nitrogens is 2. The molecule has 0 saturated carbocycles. The molecule has 2 N–H and O–H groups in total. The molecule has 0 atom stereocenters. The maximum absolute atomic E-state index is 15.1. The lowest BCUT2D eigenvalue weighted by molar-refractivity contribution is -0.397. The summed E-state index contributed by atoms with van der Waals surface area (Å²) < 4.78 is 62.2. The lowest BCUT2D eigenvalue weighted by atomic mass is 10.1. The van der Waals surface area contributed by atoms with Crippen molar-refractivity contribution in [3.05, 3.63) is 64.9 Å². The topological polar surface area (TPSA) is 92.2 Å². The Morgan fingerprint density at radius 3 is 2.49 bits per heavy atom. The van der Waals surface area contributed by atoms with Gasteiger partial charge in [0.15, 0.2) is 4.90 Å². The minimum absolute atomic E-state index is 0.0551. The predicted molar refractivity (Wildman–Crippen MR) is 136 cm³/mol. The molecule has 1 saturated heterocycles. The van der Waals surface area contributed by atoms with Crippen LogP contribution in [0.2, 0.25) is 5.02 Å². The van der Waals surface area contributed by atoms with Crippen LogP contribution >= 0.6 is 11.6 Å². The highest BCUT2D eigenvalue weighted by Gasteiger charge is 2.26. The number of primary sulfonamides is 1. The number of pyridine rings is 2. The molecule has 1 aromatic carbocycles. The lowest BCUT2D eigenvalue weighted by Gasteiger charge is -2.37. The second-order valence-corrected chi connectivity index (χ2v) is 11.3. The highest BCUT2D eigenvalue weighted by Crippen LogP contribution is 2.27. The summed E-state index contributed by atoms with van der Waals surface area (Å²) in [5.74, 6) is -1.28. The van der Waals surface area contributed by atoms with E-state index in [2.05, 4.69) is 33.6 Å². The zero-order valence-electron chi connectivity index (χ0n) is 20.8. The van der Waals surface area contributed by atoms with E-state index in [-0.39, 0.29) is 38.3 Å². The quantitative estimate of drug-likeness (QED) is 0.459. The molecule has 0 bridgehead atoms. The van der Waals surface area contributed by atoms with Gasteiger partial charge in [-0.15, -0.1) is 0 Å². The number of hydrogen-bond donors (Lipinski definition) is 1. The first-order valence-electron chi connectivity index (χ1n) is 11.8. The van der Waals surface area contributed by atoms with E-state index in [1.165, 1.54) is 43.8 Å². The van der Waals surface area contributed by atoms with Crippen LogP contribution in [0, 0.1) is 11.6 Å². The fourth-order valence-electron chi connectivity index (χ4n) is 4.26. The number of nitrogens with two attached hydrogens (primary N) is 1. The molecule has 2 aromatic heterocycles. The SMILES string of the molecule is COc1ncc(Cl)cc1S(=O)(=O)[NH2+]c1ccnc(-c2cc(F)c(CN3CCN(C(C)C)CC3)cc2F)c1. The van der Waals surface area contributed by atoms with E-state index in [4.69, 9.17) is 16.3 Å². The lowest BCUT2D eigenvalue weighted by Crippen LogP contribution is -2.81. The number of halogens is 3. The average Bonchev–Trinajstić information content (AvgIpc) is 2.86. The van der Waals surface area contributed by atoms with Gasteiger partial charge in [-0.05, 0) is 32.0 Å². The van der Waals surface area contributed by atoms with E-state index in [0.29, 0.717) is 12.6 Å². The predicted octanol–water partition coefficient (Wildman–Crippen LogP) is 3.19. The van der Waals surface area contributed by atoms with Crippen LogP contribution in [-0.4, -0.2) is 67.5 Å². The van der Waals surface area contributed by atoms with Gasteiger partial charge in [-0.3, -0.25) is 14.8 Å². The van der Waals surface area contributed by atoms with Crippen molar-refractivity contribution in [3.63, 3.8) is 0 Å². The average molecular weight is 553 g/mol. The summed E-state index contributed by atoms with van der Waals surface area (Å²) in [6, 6.07) is 6.82. The molecule has 8 nitrogen and oxygen atoms in total. The van der Waals surface area contributed by atoms with Gasteiger partial charge in [-0.2, -0.15) is 8.42 Å². The van der Waals surface area contributed by atoms with Crippen LogP contribution in [0.5, 0.6) is 5.88 Å². The van der Waals surface area contributed by atoms with E-state index in [9.17, 15) is 8.42 Å². The minimum atomic E-state index is -4.03. The summed E-state index contributed by atoms with van der Waals surface area (Å²) in [6.45, 7) is 7.92. The Morgan fingerprint density at radius 1 is 1.08 bits per heavy atom. The third-order valence-corrected chi connectivity index (χ3v) is 8.00. The molecular formula is C25H29ClF2N5O3S+. The number of rotatable bonds is 8.